The molecule has 3 unspecified atom stereocenters. The largest absolute Gasteiger partial charge is 0.465 e. The summed E-state index contributed by atoms with van der Waals surface area (Å²) in [5.41, 5.74) is 0.128. The number of carbonyl (C=O) groups is 1. The normalized spacial score (nSPS) is 18.7. The molecule has 0 radical (unpaired) electrons. The van der Waals surface area contributed by atoms with Crippen LogP contribution in [0, 0.1) is 5.92 Å². The number of likely N-dealkylation sites (tertiary alicyclic amines) is 1. The van der Waals surface area contributed by atoms with Crippen molar-refractivity contribution in [2.24, 2.45) is 5.92 Å². The summed E-state index contributed by atoms with van der Waals surface area (Å²) in [6, 6.07) is 65.4. The first-order valence-corrected chi connectivity index (χ1v) is 22.6. The van der Waals surface area contributed by atoms with Crippen molar-refractivity contribution in [1.82, 2.24) is 4.90 Å². The molecular weight excluding hydrogens is 691 g/mol. The Morgan fingerprint density at radius 3 is 1.33 bits per heavy atom. The van der Waals surface area contributed by atoms with Crippen LogP contribution in [0.3, 0.4) is 0 Å². The number of amides is 1. The molecule has 0 aromatic heterocycles. The van der Waals surface area contributed by atoms with Crippen LogP contribution in [0.4, 0.5) is 4.79 Å². The molecule has 7 rings (SSSR count). The third kappa shape index (κ3) is 7.52. The van der Waals surface area contributed by atoms with Crippen LogP contribution in [0.15, 0.2) is 182 Å². The molecule has 1 aliphatic heterocycles. The summed E-state index contributed by atoms with van der Waals surface area (Å²) in [6.07, 6.45) is 3.01. The van der Waals surface area contributed by atoms with Gasteiger partial charge in [0.2, 0.25) is 0 Å². The van der Waals surface area contributed by atoms with E-state index in [1.54, 1.807) is 0 Å². The Bertz CT molecular complexity index is 1870. The minimum atomic E-state index is -1.19. The lowest BCUT2D eigenvalue weighted by Crippen LogP contribution is -2.55. The number of hydrogen-bond donors (Lipinski definition) is 1. The SMILES string of the molecule is CCCCC1C(P(c2ccccc2)c2ccccc2)CN(C(=O)O)C1(CP(c1ccccc1)c1ccccc1)P(c1ccccc1)c1ccccc1. The predicted molar refractivity (Wildman–Crippen MR) is 226 cm³/mol. The molecule has 0 saturated carbocycles. The highest BCUT2D eigenvalue weighted by atomic mass is 31.1. The highest BCUT2D eigenvalue weighted by molar-refractivity contribution is 7.78. The minimum absolute atomic E-state index is 0.110. The van der Waals surface area contributed by atoms with E-state index in [0.29, 0.717) is 6.54 Å². The third-order valence-electron chi connectivity index (χ3n) is 10.3. The van der Waals surface area contributed by atoms with Crippen LogP contribution < -0.4 is 31.8 Å². The number of nitrogens with zero attached hydrogens (tertiary/aromatic N) is 1. The summed E-state index contributed by atoms with van der Waals surface area (Å²) in [5, 5.41) is 18.7. The summed E-state index contributed by atoms with van der Waals surface area (Å²) in [6.45, 7) is 2.78. The van der Waals surface area contributed by atoms with Gasteiger partial charge in [0.05, 0.1) is 5.28 Å². The van der Waals surface area contributed by atoms with Crippen molar-refractivity contribution < 1.29 is 9.90 Å². The van der Waals surface area contributed by atoms with E-state index in [0.717, 1.165) is 25.4 Å². The fraction of sp³-hybridized carbons (Fsp3) is 0.196. The average molecular weight is 738 g/mol. The van der Waals surface area contributed by atoms with Crippen molar-refractivity contribution in [3.8, 4) is 0 Å². The summed E-state index contributed by atoms with van der Waals surface area (Å²) in [7, 11) is -3.04. The molecule has 3 atom stereocenters. The zero-order chi connectivity index (χ0) is 35.8. The van der Waals surface area contributed by atoms with Crippen molar-refractivity contribution >= 4 is 61.7 Å². The lowest BCUT2D eigenvalue weighted by molar-refractivity contribution is 0.128. The lowest BCUT2D eigenvalue weighted by Gasteiger charge is -2.50. The van der Waals surface area contributed by atoms with E-state index in [9.17, 15) is 9.90 Å². The molecule has 1 aliphatic rings. The summed E-state index contributed by atoms with van der Waals surface area (Å²) in [4.78, 5) is 16.2. The van der Waals surface area contributed by atoms with Crippen molar-refractivity contribution in [1.29, 1.82) is 0 Å². The van der Waals surface area contributed by atoms with Gasteiger partial charge in [-0.05, 0) is 67.9 Å². The van der Waals surface area contributed by atoms with Gasteiger partial charge in [-0.25, -0.2) is 4.79 Å². The van der Waals surface area contributed by atoms with Crippen LogP contribution in [0.5, 0.6) is 0 Å². The van der Waals surface area contributed by atoms with Crippen LogP contribution in [0.2, 0.25) is 0 Å². The highest BCUT2D eigenvalue weighted by Crippen LogP contribution is 2.67. The maximum Gasteiger partial charge on any atom is 0.408 e. The lowest BCUT2D eigenvalue weighted by atomic mass is 9.94. The fourth-order valence-corrected chi connectivity index (χ4v) is 18.2. The standard InChI is InChI=1S/C46H46NO2P3/c1-2-3-34-43-44(51(39-26-14-6-15-27-39)40-28-16-7-17-29-40)35-47(45(48)49)46(43,52(41-30-18-8-19-31-41)42-32-20-9-21-33-42)36-50(37-22-10-4-11-23-37)38-24-12-5-13-25-38/h4-33,43-44H,2-3,34-36H2,1H3,(H,48,49). The zero-order valence-electron chi connectivity index (χ0n) is 29.7. The molecule has 262 valence electrons. The van der Waals surface area contributed by atoms with E-state index in [2.05, 4.69) is 189 Å². The Balaban J connectivity index is 1.55. The Hall–Kier alpha value is -4.12. The van der Waals surface area contributed by atoms with Crippen LogP contribution in [0.1, 0.15) is 26.2 Å². The van der Waals surface area contributed by atoms with E-state index in [4.69, 9.17) is 0 Å². The summed E-state index contributed by atoms with van der Waals surface area (Å²) < 4.78 is 0. The molecule has 6 aromatic carbocycles. The fourth-order valence-electron chi connectivity index (χ4n) is 8.13. The first-order chi connectivity index (χ1) is 25.6. The van der Waals surface area contributed by atoms with Gasteiger partial charge in [0.15, 0.2) is 0 Å². The molecule has 0 bridgehead atoms. The Kier molecular flexibility index (Phi) is 11.9. The first kappa shape index (κ1) is 36.2. The molecular formula is C46H46NO2P3. The molecule has 6 heteroatoms. The molecule has 1 fully saturated rings. The highest BCUT2D eigenvalue weighted by Gasteiger charge is 2.62. The maximum atomic E-state index is 14.3. The third-order valence-corrected chi connectivity index (χ3v) is 19.3. The van der Waals surface area contributed by atoms with Crippen molar-refractivity contribution in [3.63, 3.8) is 0 Å². The molecule has 1 N–H and O–H groups in total. The van der Waals surface area contributed by atoms with Crippen molar-refractivity contribution in [2.45, 2.75) is 37.1 Å². The number of carboxylic acid groups (broad SMARTS) is 1. The van der Waals surface area contributed by atoms with Gasteiger partial charge in [0.25, 0.3) is 0 Å². The smallest absolute Gasteiger partial charge is 0.408 e. The Morgan fingerprint density at radius 1 is 0.596 bits per heavy atom. The molecule has 3 nitrogen and oxygen atoms in total. The molecule has 1 amide bonds. The van der Waals surface area contributed by atoms with Gasteiger partial charge in [-0.1, -0.05) is 202 Å². The second-order valence-electron chi connectivity index (χ2n) is 13.4. The van der Waals surface area contributed by atoms with E-state index in [1.165, 1.54) is 31.8 Å². The second kappa shape index (κ2) is 17.1. The first-order valence-electron chi connectivity index (χ1n) is 18.3. The van der Waals surface area contributed by atoms with Gasteiger partial charge in [-0.3, -0.25) is 4.90 Å². The molecule has 1 saturated heterocycles. The number of unbranched alkanes of at least 4 members (excludes halogenated alkanes) is 1. The molecule has 6 aromatic rings. The zero-order valence-corrected chi connectivity index (χ0v) is 32.3. The van der Waals surface area contributed by atoms with Gasteiger partial charge >= 0.3 is 6.09 Å². The topological polar surface area (TPSA) is 40.5 Å². The van der Waals surface area contributed by atoms with E-state index < -0.39 is 35.1 Å². The van der Waals surface area contributed by atoms with Crippen molar-refractivity contribution in [3.05, 3.63) is 182 Å². The second-order valence-corrected chi connectivity index (χ2v) is 20.5. The number of rotatable bonds is 13. The summed E-state index contributed by atoms with van der Waals surface area (Å²) in [5.74, 6) is 0.110. The number of benzene rings is 6. The Labute approximate surface area is 313 Å². The van der Waals surface area contributed by atoms with Crippen molar-refractivity contribution in [2.75, 3.05) is 12.7 Å². The minimum Gasteiger partial charge on any atom is -0.465 e. The van der Waals surface area contributed by atoms with E-state index in [1.807, 2.05) is 4.90 Å². The monoisotopic (exact) mass is 737 g/mol. The van der Waals surface area contributed by atoms with Gasteiger partial charge in [0.1, 0.15) is 0 Å². The van der Waals surface area contributed by atoms with E-state index in [-0.39, 0.29) is 11.6 Å². The average Bonchev–Trinajstić information content (AvgIpc) is 3.52. The van der Waals surface area contributed by atoms with Crippen LogP contribution in [0.25, 0.3) is 0 Å². The van der Waals surface area contributed by atoms with Gasteiger partial charge in [0, 0.05) is 18.4 Å². The van der Waals surface area contributed by atoms with Crippen LogP contribution >= 0.6 is 23.8 Å². The Morgan fingerprint density at radius 2 is 0.962 bits per heavy atom. The predicted octanol–water partition coefficient (Wildman–Crippen LogP) is 9.25. The summed E-state index contributed by atoms with van der Waals surface area (Å²) >= 11 is 0. The van der Waals surface area contributed by atoms with Gasteiger partial charge < -0.3 is 5.11 Å². The molecule has 0 aliphatic carbocycles. The van der Waals surface area contributed by atoms with Gasteiger partial charge in [-0.15, -0.1) is 0 Å². The molecule has 1 heterocycles. The maximum absolute atomic E-state index is 14.3. The quantitative estimate of drug-likeness (QED) is 0.120. The number of hydrogen-bond acceptors (Lipinski definition) is 1. The van der Waals surface area contributed by atoms with Crippen LogP contribution in [-0.2, 0) is 0 Å². The van der Waals surface area contributed by atoms with E-state index >= 15 is 0 Å². The van der Waals surface area contributed by atoms with Crippen LogP contribution in [-0.4, -0.2) is 39.7 Å². The molecule has 0 spiro atoms. The molecule has 52 heavy (non-hydrogen) atoms. The van der Waals surface area contributed by atoms with Gasteiger partial charge in [-0.2, -0.15) is 0 Å².